The number of nitrogens with one attached hydrogen (secondary N) is 1. The predicted molar refractivity (Wildman–Crippen MR) is 95.6 cm³/mol. The van der Waals surface area contributed by atoms with Gasteiger partial charge in [-0.1, -0.05) is 11.8 Å². The Hall–Kier alpha value is -1.79. The van der Waals surface area contributed by atoms with Crippen LogP contribution in [0.4, 0.5) is 0 Å². The number of benzene rings is 1. The first-order chi connectivity index (χ1) is 11.7. The minimum absolute atomic E-state index is 0.0234. The Morgan fingerprint density at radius 3 is 2.62 bits per heavy atom. The van der Waals surface area contributed by atoms with Crippen molar-refractivity contribution in [1.82, 2.24) is 14.9 Å². The number of amides is 1. The van der Waals surface area contributed by atoms with Crippen LogP contribution in [0, 0.1) is 5.92 Å². The van der Waals surface area contributed by atoms with Crippen molar-refractivity contribution >= 4 is 17.7 Å². The lowest BCUT2D eigenvalue weighted by atomic mass is 9.86. The van der Waals surface area contributed by atoms with Gasteiger partial charge in [0, 0.05) is 36.3 Å². The quantitative estimate of drug-likeness (QED) is 0.818. The van der Waals surface area contributed by atoms with Crippen LogP contribution in [0.25, 0.3) is 5.69 Å². The third-order valence-electron chi connectivity index (χ3n) is 4.64. The first-order valence-electron chi connectivity index (χ1n) is 8.30. The van der Waals surface area contributed by atoms with E-state index in [9.17, 15) is 9.90 Å². The van der Waals surface area contributed by atoms with Crippen molar-refractivity contribution < 1.29 is 9.90 Å². The fourth-order valence-corrected chi connectivity index (χ4v) is 3.70. The molecule has 0 unspecified atom stereocenters. The number of aliphatic hydroxyl groups is 1. The van der Waals surface area contributed by atoms with Gasteiger partial charge < -0.3 is 10.4 Å². The summed E-state index contributed by atoms with van der Waals surface area (Å²) < 4.78 is 2.00. The average Bonchev–Trinajstić information content (AvgIpc) is 3.11. The smallest absolute Gasteiger partial charge is 0.251 e. The number of aromatic nitrogens is 2. The molecule has 2 aromatic rings. The molecule has 1 aliphatic rings. The molecule has 6 heteroatoms. The Bertz CT molecular complexity index is 676. The largest absolute Gasteiger partial charge is 0.396 e. The normalized spacial score (nSPS) is 20.8. The van der Waals surface area contributed by atoms with E-state index >= 15 is 0 Å². The van der Waals surface area contributed by atoms with Crippen LogP contribution in [0.15, 0.2) is 41.8 Å². The van der Waals surface area contributed by atoms with E-state index in [1.807, 2.05) is 41.3 Å². The molecule has 2 N–H and O–H groups in total. The zero-order valence-electron chi connectivity index (χ0n) is 13.8. The van der Waals surface area contributed by atoms with Gasteiger partial charge in [0.1, 0.15) is 0 Å². The van der Waals surface area contributed by atoms with Crippen molar-refractivity contribution in [3.05, 3.63) is 42.2 Å². The molecular formula is C18H23N3O2S. The molecule has 0 bridgehead atoms. The molecule has 1 saturated carbocycles. The molecule has 128 valence electrons. The van der Waals surface area contributed by atoms with Crippen LogP contribution in [-0.4, -0.2) is 39.5 Å². The van der Waals surface area contributed by atoms with E-state index in [1.54, 1.807) is 18.0 Å². The van der Waals surface area contributed by atoms with E-state index in [1.165, 1.54) is 0 Å². The maximum Gasteiger partial charge on any atom is 0.251 e. The molecule has 0 aliphatic heterocycles. The Kier molecular flexibility index (Phi) is 5.58. The van der Waals surface area contributed by atoms with Crippen molar-refractivity contribution in [3.63, 3.8) is 0 Å². The highest BCUT2D eigenvalue weighted by Gasteiger charge is 2.22. The SMILES string of the molecule is CSc1nccn1-c1ccc(C(=O)NC2CCC(CO)CC2)cc1. The molecule has 0 radical (unpaired) electrons. The number of thioether (sulfide) groups is 1. The summed E-state index contributed by atoms with van der Waals surface area (Å²) in [6.07, 6.45) is 9.54. The number of carbonyl (C=O) groups is 1. The summed E-state index contributed by atoms with van der Waals surface area (Å²) in [7, 11) is 0. The summed E-state index contributed by atoms with van der Waals surface area (Å²) in [6, 6.07) is 7.82. The van der Waals surface area contributed by atoms with E-state index in [0.717, 1.165) is 36.5 Å². The van der Waals surface area contributed by atoms with Gasteiger partial charge in [0.15, 0.2) is 5.16 Å². The first kappa shape index (κ1) is 17.0. The van der Waals surface area contributed by atoms with Crippen LogP contribution in [0.5, 0.6) is 0 Å². The molecule has 24 heavy (non-hydrogen) atoms. The van der Waals surface area contributed by atoms with E-state index in [2.05, 4.69) is 10.3 Å². The number of imidazole rings is 1. The van der Waals surface area contributed by atoms with Crippen LogP contribution >= 0.6 is 11.8 Å². The number of nitrogens with zero attached hydrogens (tertiary/aromatic N) is 2. The summed E-state index contributed by atoms with van der Waals surface area (Å²) in [4.78, 5) is 16.7. The monoisotopic (exact) mass is 345 g/mol. The third kappa shape index (κ3) is 3.82. The van der Waals surface area contributed by atoms with Gasteiger partial charge >= 0.3 is 0 Å². The molecule has 5 nitrogen and oxygen atoms in total. The van der Waals surface area contributed by atoms with E-state index in [4.69, 9.17) is 0 Å². The summed E-state index contributed by atoms with van der Waals surface area (Å²) in [5.41, 5.74) is 1.67. The minimum atomic E-state index is -0.0234. The van der Waals surface area contributed by atoms with Gasteiger partial charge in [0.25, 0.3) is 5.91 Å². The van der Waals surface area contributed by atoms with Crippen molar-refractivity contribution in [2.24, 2.45) is 5.92 Å². The fraction of sp³-hybridized carbons (Fsp3) is 0.444. The van der Waals surface area contributed by atoms with Crippen LogP contribution in [0.3, 0.4) is 0 Å². The minimum Gasteiger partial charge on any atom is -0.396 e. The van der Waals surface area contributed by atoms with E-state index in [0.29, 0.717) is 11.5 Å². The van der Waals surface area contributed by atoms with Crippen molar-refractivity contribution in [2.45, 2.75) is 36.9 Å². The van der Waals surface area contributed by atoms with Gasteiger partial charge in [-0.15, -0.1) is 0 Å². The lowest BCUT2D eigenvalue weighted by molar-refractivity contribution is 0.0914. The second-order valence-electron chi connectivity index (χ2n) is 6.20. The van der Waals surface area contributed by atoms with Crippen molar-refractivity contribution in [1.29, 1.82) is 0 Å². The number of rotatable bonds is 5. The van der Waals surface area contributed by atoms with E-state index < -0.39 is 0 Å². The van der Waals surface area contributed by atoms with Crippen LogP contribution in [0.1, 0.15) is 36.0 Å². The molecule has 1 fully saturated rings. The van der Waals surface area contributed by atoms with Gasteiger partial charge in [-0.2, -0.15) is 0 Å². The lowest BCUT2D eigenvalue weighted by Crippen LogP contribution is -2.38. The highest BCUT2D eigenvalue weighted by molar-refractivity contribution is 7.98. The van der Waals surface area contributed by atoms with Gasteiger partial charge in [-0.25, -0.2) is 4.98 Å². The lowest BCUT2D eigenvalue weighted by Gasteiger charge is -2.28. The summed E-state index contributed by atoms with van der Waals surface area (Å²) in [6.45, 7) is 0.258. The molecule has 1 heterocycles. The molecule has 1 aromatic carbocycles. The predicted octanol–water partition coefficient (Wildman–Crippen LogP) is 2.88. The Labute approximate surface area is 146 Å². The molecule has 0 spiro atoms. The Morgan fingerprint density at radius 1 is 1.29 bits per heavy atom. The van der Waals surface area contributed by atoms with Crippen LogP contribution in [0.2, 0.25) is 0 Å². The maximum absolute atomic E-state index is 12.4. The highest BCUT2D eigenvalue weighted by Crippen LogP contribution is 2.24. The summed E-state index contributed by atoms with van der Waals surface area (Å²) >= 11 is 1.59. The first-order valence-corrected chi connectivity index (χ1v) is 9.53. The standard InChI is InChI=1S/C18H23N3O2S/c1-24-18-19-10-11-21(18)16-8-4-14(5-9-16)17(23)20-15-6-2-13(12-22)3-7-15/h4-5,8-11,13,15,22H,2-3,6-7,12H2,1H3,(H,20,23). The van der Waals surface area contributed by atoms with Gasteiger partial charge in [-0.05, 0) is 62.1 Å². The zero-order chi connectivity index (χ0) is 16.9. The van der Waals surface area contributed by atoms with Gasteiger partial charge in [-0.3, -0.25) is 9.36 Å². The highest BCUT2D eigenvalue weighted by atomic mass is 32.2. The molecule has 1 aliphatic carbocycles. The molecule has 0 atom stereocenters. The van der Waals surface area contributed by atoms with Crippen LogP contribution < -0.4 is 5.32 Å². The number of hydrogen-bond acceptors (Lipinski definition) is 4. The van der Waals surface area contributed by atoms with Gasteiger partial charge in [0.2, 0.25) is 0 Å². The summed E-state index contributed by atoms with van der Waals surface area (Å²) in [5.74, 6) is 0.378. The third-order valence-corrected chi connectivity index (χ3v) is 5.30. The average molecular weight is 345 g/mol. The maximum atomic E-state index is 12.4. The molecule has 1 amide bonds. The second-order valence-corrected chi connectivity index (χ2v) is 6.98. The fourth-order valence-electron chi connectivity index (χ4n) is 3.17. The van der Waals surface area contributed by atoms with Crippen molar-refractivity contribution in [2.75, 3.05) is 12.9 Å². The van der Waals surface area contributed by atoms with E-state index in [-0.39, 0.29) is 18.6 Å². The number of hydrogen-bond donors (Lipinski definition) is 2. The van der Waals surface area contributed by atoms with Crippen LogP contribution in [-0.2, 0) is 0 Å². The summed E-state index contributed by atoms with van der Waals surface area (Å²) in [5, 5.41) is 13.2. The Balaban J connectivity index is 1.62. The molecular weight excluding hydrogens is 322 g/mol. The van der Waals surface area contributed by atoms with Gasteiger partial charge in [0.05, 0.1) is 0 Å². The number of aliphatic hydroxyl groups excluding tert-OH is 1. The molecule has 0 saturated heterocycles. The topological polar surface area (TPSA) is 67.2 Å². The van der Waals surface area contributed by atoms with Crippen molar-refractivity contribution in [3.8, 4) is 5.69 Å². The zero-order valence-corrected chi connectivity index (χ0v) is 14.6. The molecule has 1 aromatic heterocycles. The molecule has 3 rings (SSSR count). The second kappa shape index (κ2) is 7.85. The number of carbonyl (C=O) groups excluding carboxylic acids is 1. The Morgan fingerprint density at radius 2 is 2.00 bits per heavy atom.